The van der Waals surface area contributed by atoms with E-state index in [2.05, 4.69) is 14.9 Å². The number of hydrogen-bond acceptors (Lipinski definition) is 3. The Morgan fingerprint density at radius 3 is 3.00 bits per heavy atom. The molecule has 92 valence electrons. The molecule has 4 nitrogen and oxygen atoms in total. The van der Waals surface area contributed by atoms with E-state index in [1.807, 2.05) is 18.6 Å². The van der Waals surface area contributed by atoms with E-state index in [1.165, 1.54) is 0 Å². The van der Waals surface area contributed by atoms with Gasteiger partial charge in [0.05, 0.1) is 12.9 Å². The fourth-order valence-electron chi connectivity index (χ4n) is 1.62. The van der Waals surface area contributed by atoms with Gasteiger partial charge in [0.2, 0.25) is 0 Å². The summed E-state index contributed by atoms with van der Waals surface area (Å²) in [7, 11) is 0. The van der Waals surface area contributed by atoms with E-state index < -0.39 is 0 Å². The van der Waals surface area contributed by atoms with Crippen molar-refractivity contribution in [2.24, 2.45) is 0 Å². The fraction of sp³-hybridized carbons (Fsp3) is 0.417. The van der Waals surface area contributed by atoms with Crippen LogP contribution in [0.2, 0.25) is 5.22 Å². The summed E-state index contributed by atoms with van der Waals surface area (Å²) in [4.78, 5) is 4.00. The van der Waals surface area contributed by atoms with Crippen molar-refractivity contribution < 1.29 is 4.42 Å². The first kappa shape index (κ1) is 12.2. The van der Waals surface area contributed by atoms with Crippen molar-refractivity contribution in [1.82, 2.24) is 14.9 Å². The highest BCUT2D eigenvalue weighted by Gasteiger charge is 1.98. The smallest absolute Gasteiger partial charge is 0.193 e. The zero-order chi connectivity index (χ0) is 11.9. The molecule has 0 unspecified atom stereocenters. The minimum Gasteiger partial charge on any atom is -0.448 e. The van der Waals surface area contributed by atoms with Gasteiger partial charge in [-0.1, -0.05) is 0 Å². The van der Waals surface area contributed by atoms with Gasteiger partial charge in [-0.3, -0.25) is 0 Å². The summed E-state index contributed by atoms with van der Waals surface area (Å²) in [6.45, 7) is 2.74. The van der Waals surface area contributed by atoms with Crippen molar-refractivity contribution in [3.63, 3.8) is 0 Å². The summed E-state index contributed by atoms with van der Waals surface area (Å²) < 4.78 is 7.33. The van der Waals surface area contributed by atoms with Crippen LogP contribution in [0.15, 0.2) is 35.3 Å². The monoisotopic (exact) mass is 253 g/mol. The van der Waals surface area contributed by atoms with Gasteiger partial charge in [-0.05, 0) is 43.1 Å². The number of hydrogen-bond donors (Lipinski definition) is 1. The zero-order valence-electron chi connectivity index (χ0n) is 9.60. The molecule has 2 aromatic rings. The summed E-state index contributed by atoms with van der Waals surface area (Å²) in [6, 6.07) is 3.65. The molecular formula is C12H16ClN3O. The third kappa shape index (κ3) is 4.24. The number of imidazole rings is 1. The predicted octanol–water partition coefficient (Wildman–Crippen LogP) is 2.70. The van der Waals surface area contributed by atoms with Crippen LogP contribution in [0.3, 0.4) is 0 Å². The van der Waals surface area contributed by atoms with Crippen molar-refractivity contribution >= 4 is 11.6 Å². The topological polar surface area (TPSA) is 43.0 Å². The second-order valence-electron chi connectivity index (χ2n) is 3.89. The number of rotatable bonds is 7. The maximum atomic E-state index is 5.68. The van der Waals surface area contributed by atoms with Gasteiger partial charge in [-0.15, -0.1) is 0 Å². The number of aryl methyl sites for hydroxylation is 1. The molecule has 0 saturated heterocycles. The number of halogens is 1. The Labute approximate surface area is 106 Å². The highest BCUT2D eigenvalue weighted by molar-refractivity contribution is 6.28. The average molecular weight is 254 g/mol. The SMILES string of the molecule is Clc1ccc(CNCCCCn2ccnc2)o1. The first-order valence-electron chi connectivity index (χ1n) is 5.75. The van der Waals surface area contributed by atoms with E-state index in [1.54, 1.807) is 12.3 Å². The van der Waals surface area contributed by atoms with Crippen LogP contribution in [0, 0.1) is 0 Å². The Balaban J connectivity index is 1.52. The molecule has 0 fully saturated rings. The molecule has 1 N–H and O–H groups in total. The van der Waals surface area contributed by atoms with Gasteiger partial charge in [-0.2, -0.15) is 0 Å². The molecule has 0 aliphatic carbocycles. The lowest BCUT2D eigenvalue weighted by atomic mass is 10.3. The van der Waals surface area contributed by atoms with Crippen LogP contribution in [0.1, 0.15) is 18.6 Å². The van der Waals surface area contributed by atoms with Gasteiger partial charge in [0, 0.05) is 18.9 Å². The predicted molar refractivity (Wildman–Crippen MR) is 66.9 cm³/mol. The van der Waals surface area contributed by atoms with E-state index in [4.69, 9.17) is 16.0 Å². The molecule has 0 radical (unpaired) electrons. The molecule has 0 saturated carbocycles. The van der Waals surface area contributed by atoms with Crippen LogP contribution in [0.25, 0.3) is 0 Å². The quantitative estimate of drug-likeness (QED) is 0.772. The van der Waals surface area contributed by atoms with E-state index in [-0.39, 0.29) is 0 Å². The highest BCUT2D eigenvalue weighted by atomic mass is 35.5. The summed E-state index contributed by atoms with van der Waals surface area (Å²) >= 11 is 5.68. The van der Waals surface area contributed by atoms with Crippen molar-refractivity contribution in [1.29, 1.82) is 0 Å². The molecule has 2 aromatic heterocycles. The molecule has 0 aliphatic heterocycles. The number of aromatic nitrogens is 2. The molecule has 0 atom stereocenters. The fourth-order valence-corrected chi connectivity index (χ4v) is 1.78. The van der Waals surface area contributed by atoms with Crippen LogP contribution in [-0.4, -0.2) is 16.1 Å². The van der Waals surface area contributed by atoms with Crippen molar-refractivity contribution in [2.45, 2.75) is 25.9 Å². The molecule has 5 heteroatoms. The largest absolute Gasteiger partial charge is 0.448 e. The third-order valence-electron chi connectivity index (χ3n) is 2.51. The van der Waals surface area contributed by atoms with Gasteiger partial charge >= 0.3 is 0 Å². The molecule has 0 spiro atoms. The first-order chi connectivity index (χ1) is 8.34. The second-order valence-corrected chi connectivity index (χ2v) is 4.26. The number of furan rings is 1. The Kier molecular flexibility index (Phi) is 4.64. The standard InChI is InChI=1S/C12H16ClN3O/c13-12-4-3-11(17-12)9-14-5-1-2-7-16-8-6-15-10-16/h3-4,6,8,10,14H,1-2,5,7,9H2. The summed E-state index contributed by atoms with van der Waals surface area (Å²) in [5, 5.41) is 3.76. The van der Waals surface area contributed by atoms with Crippen molar-refractivity contribution in [3.05, 3.63) is 41.8 Å². The highest BCUT2D eigenvalue weighted by Crippen LogP contribution is 2.12. The Morgan fingerprint density at radius 1 is 1.35 bits per heavy atom. The van der Waals surface area contributed by atoms with Gasteiger partial charge in [0.25, 0.3) is 0 Å². The van der Waals surface area contributed by atoms with Crippen LogP contribution >= 0.6 is 11.6 Å². The van der Waals surface area contributed by atoms with Crippen molar-refractivity contribution in [3.8, 4) is 0 Å². The lowest BCUT2D eigenvalue weighted by Crippen LogP contribution is -2.14. The Morgan fingerprint density at radius 2 is 2.29 bits per heavy atom. The Hall–Kier alpha value is -1.26. The molecule has 0 bridgehead atoms. The molecule has 17 heavy (non-hydrogen) atoms. The normalized spacial score (nSPS) is 10.9. The Bertz CT molecular complexity index is 425. The number of nitrogens with zero attached hydrogens (tertiary/aromatic N) is 2. The molecule has 0 amide bonds. The summed E-state index contributed by atoms with van der Waals surface area (Å²) in [6.07, 6.45) is 7.91. The second kappa shape index (κ2) is 6.47. The maximum absolute atomic E-state index is 5.68. The lowest BCUT2D eigenvalue weighted by Gasteiger charge is -2.03. The van der Waals surface area contributed by atoms with Gasteiger partial charge in [0.1, 0.15) is 5.76 Å². The van der Waals surface area contributed by atoms with Crippen molar-refractivity contribution in [2.75, 3.05) is 6.54 Å². The van der Waals surface area contributed by atoms with Gasteiger partial charge < -0.3 is 14.3 Å². The van der Waals surface area contributed by atoms with E-state index in [0.29, 0.717) is 5.22 Å². The van der Waals surface area contributed by atoms with Crippen LogP contribution < -0.4 is 5.32 Å². The summed E-state index contributed by atoms with van der Waals surface area (Å²) in [5.74, 6) is 0.879. The zero-order valence-corrected chi connectivity index (χ0v) is 10.4. The van der Waals surface area contributed by atoms with Crippen LogP contribution in [-0.2, 0) is 13.1 Å². The lowest BCUT2D eigenvalue weighted by molar-refractivity contribution is 0.477. The van der Waals surface area contributed by atoms with E-state index in [0.717, 1.165) is 38.2 Å². The molecular weight excluding hydrogens is 238 g/mol. The maximum Gasteiger partial charge on any atom is 0.193 e. The van der Waals surface area contributed by atoms with Gasteiger partial charge in [-0.25, -0.2) is 4.98 Å². The average Bonchev–Trinajstić information content (AvgIpc) is 2.95. The minimum atomic E-state index is 0.446. The third-order valence-corrected chi connectivity index (χ3v) is 2.71. The molecule has 2 rings (SSSR count). The van der Waals surface area contributed by atoms with Crippen LogP contribution in [0.4, 0.5) is 0 Å². The minimum absolute atomic E-state index is 0.446. The van der Waals surface area contributed by atoms with Gasteiger partial charge in [0.15, 0.2) is 5.22 Å². The first-order valence-corrected chi connectivity index (χ1v) is 6.13. The number of unbranched alkanes of at least 4 members (excludes halogenated alkanes) is 1. The molecule has 0 aliphatic rings. The molecule has 2 heterocycles. The van der Waals surface area contributed by atoms with E-state index in [9.17, 15) is 0 Å². The van der Waals surface area contributed by atoms with Crippen LogP contribution in [0.5, 0.6) is 0 Å². The summed E-state index contributed by atoms with van der Waals surface area (Å²) in [5.41, 5.74) is 0. The molecule has 0 aromatic carbocycles. The van der Waals surface area contributed by atoms with E-state index >= 15 is 0 Å². The number of nitrogens with one attached hydrogen (secondary N) is 1.